The molecule has 0 bridgehead atoms. The first-order valence-corrected chi connectivity index (χ1v) is 10.9. The minimum atomic E-state index is -0.486. The smallest absolute Gasteiger partial charge is 0.360 e. The van der Waals surface area contributed by atoms with Gasteiger partial charge in [0.05, 0.1) is 26.9 Å². The van der Waals surface area contributed by atoms with Crippen molar-refractivity contribution in [3.05, 3.63) is 71.1 Å². The molecule has 168 valence electrons. The summed E-state index contributed by atoms with van der Waals surface area (Å²) in [4.78, 5) is 14.3. The molecule has 1 aromatic heterocycles. The number of carbonyl (C=O) groups is 1. The van der Waals surface area contributed by atoms with Crippen LogP contribution >= 0.6 is 0 Å². The van der Waals surface area contributed by atoms with Gasteiger partial charge in [-0.3, -0.25) is 4.90 Å². The fourth-order valence-electron chi connectivity index (χ4n) is 3.80. The Kier molecular flexibility index (Phi) is 7.19. The van der Waals surface area contributed by atoms with E-state index in [1.54, 1.807) is 20.1 Å². The maximum Gasteiger partial charge on any atom is 0.360 e. The van der Waals surface area contributed by atoms with Gasteiger partial charge in [0.1, 0.15) is 11.5 Å². The van der Waals surface area contributed by atoms with Crippen LogP contribution in [0.2, 0.25) is 0 Å². The lowest BCUT2D eigenvalue weighted by Gasteiger charge is -2.26. The Labute approximate surface area is 187 Å². The van der Waals surface area contributed by atoms with E-state index < -0.39 is 5.97 Å². The molecule has 32 heavy (non-hydrogen) atoms. The zero-order chi connectivity index (χ0) is 22.3. The third-order valence-electron chi connectivity index (χ3n) is 5.49. The summed E-state index contributed by atoms with van der Waals surface area (Å²) < 4.78 is 21.3. The highest BCUT2D eigenvalue weighted by Gasteiger charge is 2.16. The fourth-order valence-corrected chi connectivity index (χ4v) is 3.80. The second kappa shape index (κ2) is 10.4. The lowest BCUT2D eigenvalue weighted by atomic mass is 9.99. The van der Waals surface area contributed by atoms with Gasteiger partial charge in [0, 0.05) is 37.7 Å². The van der Waals surface area contributed by atoms with E-state index in [-0.39, 0.29) is 5.69 Å². The van der Waals surface area contributed by atoms with E-state index in [1.165, 1.54) is 5.56 Å². The number of esters is 1. The first-order valence-electron chi connectivity index (χ1n) is 10.9. The molecule has 2 heterocycles. The summed E-state index contributed by atoms with van der Waals surface area (Å²) in [7, 11) is 1.64. The van der Waals surface area contributed by atoms with E-state index in [4.69, 9.17) is 18.7 Å². The predicted molar refractivity (Wildman–Crippen MR) is 120 cm³/mol. The quantitative estimate of drug-likeness (QED) is 0.495. The predicted octanol–water partition coefficient (Wildman–Crippen LogP) is 3.95. The summed E-state index contributed by atoms with van der Waals surface area (Å²) in [6.07, 6.45) is 0.457. The molecule has 0 amide bonds. The zero-order valence-corrected chi connectivity index (χ0v) is 18.5. The standard InChI is InChI=1S/C25H28N2O5/c1-3-31-25(28)23-16-22(32-26-23)15-21-14-20(8-9-24(21)29-2)19-6-4-18(5-7-19)17-27-10-12-30-13-11-27/h4-9,14,16H,3,10-13,15,17H2,1-2H3. The van der Waals surface area contributed by atoms with Crippen molar-refractivity contribution in [2.24, 2.45) is 0 Å². The molecule has 0 radical (unpaired) electrons. The largest absolute Gasteiger partial charge is 0.496 e. The zero-order valence-electron chi connectivity index (χ0n) is 18.5. The van der Waals surface area contributed by atoms with Crippen LogP contribution in [0, 0.1) is 0 Å². The number of rotatable bonds is 8. The van der Waals surface area contributed by atoms with Crippen molar-refractivity contribution in [2.75, 3.05) is 40.0 Å². The number of hydrogen-bond donors (Lipinski definition) is 0. The molecule has 0 atom stereocenters. The van der Waals surface area contributed by atoms with Gasteiger partial charge < -0.3 is 18.7 Å². The summed E-state index contributed by atoms with van der Waals surface area (Å²) >= 11 is 0. The summed E-state index contributed by atoms with van der Waals surface area (Å²) in [6, 6.07) is 16.3. The van der Waals surface area contributed by atoms with E-state index in [9.17, 15) is 4.79 Å². The van der Waals surface area contributed by atoms with Crippen LogP contribution in [0.3, 0.4) is 0 Å². The van der Waals surface area contributed by atoms with E-state index >= 15 is 0 Å². The lowest BCUT2D eigenvalue weighted by molar-refractivity contribution is 0.0342. The molecule has 7 nitrogen and oxygen atoms in total. The number of hydrogen-bond acceptors (Lipinski definition) is 7. The summed E-state index contributed by atoms with van der Waals surface area (Å²) in [5, 5.41) is 3.82. The normalized spacial score (nSPS) is 14.3. The molecular weight excluding hydrogens is 408 g/mol. The lowest BCUT2D eigenvalue weighted by Crippen LogP contribution is -2.35. The number of benzene rings is 2. The highest BCUT2D eigenvalue weighted by Crippen LogP contribution is 2.29. The fraction of sp³-hybridized carbons (Fsp3) is 0.360. The molecule has 1 aliphatic rings. The van der Waals surface area contributed by atoms with Crippen LogP contribution in [-0.2, 0) is 22.4 Å². The summed E-state index contributed by atoms with van der Waals surface area (Å²) in [5.74, 6) is 0.844. The van der Waals surface area contributed by atoms with Crippen molar-refractivity contribution in [1.29, 1.82) is 0 Å². The number of nitrogens with zero attached hydrogens (tertiary/aromatic N) is 2. The Balaban J connectivity index is 1.49. The Bertz CT molecular complexity index is 1040. The second-order valence-electron chi connectivity index (χ2n) is 7.69. The van der Waals surface area contributed by atoms with Crippen LogP contribution in [0.25, 0.3) is 11.1 Å². The van der Waals surface area contributed by atoms with Gasteiger partial charge in [-0.2, -0.15) is 0 Å². The molecule has 0 aliphatic carbocycles. The first-order chi connectivity index (χ1) is 15.7. The third kappa shape index (κ3) is 5.36. The summed E-state index contributed by atoms with van der Waals surface area (Å²) in [6.45, 7) is 6.54. The number of carbonyl (C=O) groups excluding carboxylic acids is 1. The minimum Gasteiger partial charge on any atom is -0.496 e. The molecule has 0 spiro atoms. The first kappa shape index (κ1) is 22.0. The number of morpholine rings is 1. The van der Waals surface area contributed by atoms with Gasteiger partial charge in [0.25, 0.3) is 0 Å². The Morgan fingerprint density at radius 3 is 2.53 bits per heavy atom. The van der Waals surface area contributed by atoms with Gasteiger partial charge in [0.15, 0.2) is 5.69 Å². The van der Waals surface area contributed by atoms with E-state index in [2.05, 4.69) is 40.4 Å². The van der Waals surface area contributed by atoms with Gasteiger partial charge in [0.2, 0.25) is 0 Å². The third-order valence-corrected chi connectivity index (χ3v) is 5.49. The maximum absolute atomic E-state index is 11.8. The molecule has 0 N–H and O–H groups in total. The van der Waals surface area contributed by atoms with Crippen LogP contribution in [-0.4, -0.2) is 56.0 Å². The van der Waals surface area contributed by atoms with Gasteiger partial charge in [-0.15, -0.1) is 0 Å². The van der Waals surface area contributed by atoms with Crippen LogP contribution in [0.4, 0.5) is 0 Å². The molecular formula is C25H28N2O5. The van der Waals surface area contributed by atoms with E-state index in [0.29, 0.717) is 18.8 Å². The van der Waals surface area contributed by atoms with Gasteiger partial charge >= 0.3 is 5.97 Å². The average molecular weight is 437 g/mol. The minimum absolute atomic E-state index is 0.174. The van der Waals surface area contributed by atoms with Crippen LogP contribution in [0.5, 0.6) is 5.75 Å². The monoisotopic (exact) mass is 436 g/mol. The average Bonchev–Trinajstić information content (AvgIpc) is 3.29. The van der Waals surface area contributed by atoms with Gasteiger partial charge in [-0.1, -0.05) is 35.5 Å². The molecule has 0 saturated carbocycles. The van der Waals surface area contributed by atoms with Crippen LogP contribution in [0.1, 0.15) is 34.3 Å². The van der Waals surface area contributed by atoms with E-state index in [1.807, 2.05) is 12.1 Å². The highest BCUT2D eigenvalue weighted by atomic mass is 16.5. The molecule has 2 aromatic carbocycles. The molecule has 1 fully saturated rings. The van der Waals surface area contributed by atoms with Crippen molar-refractivity contribution in [3.8, 4) is 16.9 Å². The summed E-state index contributed by atoms with van der Waals surface area (Å²) in [5.41, 5.74) is 4.63. The highest BCUT2D eigenvalue weighted by molar-refractivity contribution is 5.87. The van der Waals surface area contributed by atoms with E-state index in [0.717, 1.165) is 55.3 Å². The second-order valence-corrected chi connectivity index (χ2v) is 7.69. The van der Waals surface area contributed by atoms with Crippen molar-refractivity contribution >= 4 is 5.97 Å². The molecule has 1 aliphatic heterocycles. The molecule has 7 heteroatoms. The SMILES string of the molecule is CCOC(=O)c1cc(Cc2cc(-c3ccc(CN4CCOCC4)cc3)ccc2OC)on1. The molecule has 1 saturated heterocycles. The number of methoxy groups -OCH3 is 1. The Morgan fingerprint density at radius 2 is 1.81 bits per heavy atom. The van der Waals surface area contributed by atoms with Gasteiger partial charge in [-0.25, -0.2) is 4.79 Å². The van der Waals surface area contributed by atoms with Crippen LogP contribution in [0.15, 0.2) is 53.1 Å². The molecule has 0 unspecified atom stereocenters. The van der Waals surface area contributed by atoms with Gasteiger partial charge in [-0.05, 0) is 35.7 Å². The van der Waals surface area contributed by atoms with Crippen molar-refractivity contribution < 1.29 is 23.5 Å². The van der Waals surface area contributed by atoms with Crippen molar-refractivity contribution in [1.82, 2.24) is 10.1 Å². The molecule has 3 aromatic rings. The Hall–Kier alpha value is -3.16. The van der Waals surface area contributed by atoms with Crippen molar-refractivity contribution in [2.45, 2.75) is 19.9 Å². The van der Waals surface area contributed by atoms with Crippen molar-refractivity contribution in [3.63, 3.8) is 0 Å². The topological polar surface area (TPSA) is 74.0 Å². The number of aromatic nitrogens is 1. The molecule has 4 rings (SSSR count). The Morgan fingerprint density at radius 1 is 1.06 bits per heavy atom. The maximum atomic E-state index is 11.8. The van der Waals surface area contributed by atoms with Crippen LogP contribution < -0.4 is 4.74 Å². The number of ether oxygens (including phenoxy) is 3.